The monoisotopic (exact) mass is 277 g/mol. The molecule has 0 unspecified atom stereocenters. The number of benzene rings is 1. The number of hydrazine groups is 1. The number of ether oxygens (including phenoxy) is 1. The molecular formula is C15H23N3O2. The topological polar surface area (TPSA) is 67.6 Å². The van der Waals surface area contributed by atoms with Crippen LogP contribution in [0, 0.1) is 0 Å². The molecule has 20 heavy (non-hydrogen) atoms. The quantitative estimate of drug-likeness (QED) is 0.487. The Labute approximate surface area is 120 Å². The van der Waals surface area contributed by atoms with E-state index in [1.165, 1.54) is 12.8 Å². The molecular weight excluding hydrogens is 254 g/mol. The standard InChI is InChI=1S/C15H23N3O2/c1-15(2)8-5-9-18(15)10-11-20-13-7-4-3-6-12(13)14(19)17-16/h3-4,6-7H,5,8-11,16H2,1-2H3,(H,17,19). The van der Waals surface area contributed by atoms with Gasteiger partial charge in [-0.15, -0.1) is 0 Å². The van der Waals surface area contributed by atoms with Crippen molar-refractivity contribution in [1.82, 2.24) is 10.3 Å². The highest BCUT2D eigenvalue weighted by Gasteiger charge is 2.31. The molecule has 5 nitrogen and oxygen atoms in total. The third-order valence-electron chi connectivity index (χ3n) is 3.95. The molecule has 0 radical (unpaired) electrons. The number of nitrogens with one attached hydrogen (secondary N) is 1. The zero-order valence-corrected chi connectivity index (χ0v) is 12.2. The number of hydrogen-bond donors (Lipinski definition) is 2. The van der Waals surface area contributed by atoms with Crippen molar-refractivity contribution in [3.05, 3.63) is 29.8 Å². The Morgan fingerprint density at radius 2 is 2.20 bits per heavy atom. The summed E-state index contributed by atoms with van der Waals surface area (Å²) in [6.45, 7) is 7.07. The van der Waals surface area contributed by atoms with Crippen LogP contribution in [-0.2, 0) is 0 Å². The van der Waals surface area contributed by atoms with Crippen molar-refractivity contribution >= 4 is 5.91 Å². The van der Waals surface area contributed by atoms with Crippen LogP contribution in [0.1, 0.15) is 37.0 Å². The van der Waals surface area contributed by atoms with Crippen LogP contribution < -0.4 is 16.0 Å². The highest BCUT2D eigenvalue weighted by atomic mass is 16.5. The van der Waals surface area contributed by atoms with Gasteiger partial charge in [-0.05, 0) is 45.4 Å². The molecule has 1 aromatic carbocycles. The number of para-hydroxylation sites is 1. The van der Waals surface area contributed by atoms with Crippen molar-refractivity contribution in [3.8, 4) is 5.75 Å². The SMILES string of the molecule is CC1(C)CCCN1CCOc1ccccc1C(=O)NN. The molecule has 110 valence electrons. The third kappa shape index (κ3) is 3.29. The van der Waals surface area contributed by atoms with Gasteiger partial charge >= 0.3 is 0 Å². The lowest BCUT2D eigenvalue weighted by atomic mass is 10.0. The predicted molar refractivity (Wildman–Crippen MR) is 78.5 cm³/mol. The molecule has 0 aliphatic carbocycles. The van der Waals surface area contributed by atoms with Crippen molar-refractivity contribution in [2.45, 2.75) is 32.2 Å². The van der Waals surface area contributed by atoms with Crippen LogP contribution in [0.3, 0.4) is 0 Å². The van der Waals surface area contributed by atoms with Gasteiger partial charge in [-0.2, -0.15) is 0 Å². The molecule has 1 aromatic rings. The van der Waals surface area contributed by atoms with Crippen LogP contribution in [0.5, 0.6) is 5.75 Å². The lowest BCUT2D eigenvalue weighted by Crippen LogP contribution is -2.40. The van der Waals surface area contributed by atoms with E-state index in [1.54, 1.807) is 18.2 Å². The molecule has 2 rings (SSSR count). The molecule has 3 N–H and O–H groups in total. The average molecular weight is 277 g/mol. The van der Waals surface area contributed by atoms with E-state index >= 15 is 0 Å². The van der Waals surface area contributed by atoms with E-state index < -0.39 is 0 Å². The maximum Gasteiger partial charge on any atom is 0.268 e. The third-order valence-corrected chi connectivity index (χ3v) is 3.95. The predicted octanol–water partition coefficient (Wildman–Crippen LogP) is 1.54. The zero-order valence-electron chi connectivity index (χ0n) is 12.2. The van der Waals surface area contributed by atoms with E-state index in [1.807, 2.05) is 6.07 Å². The summed E-state index contributed by atoms with van der Waals surface area (Å²) in [4.78, 5) is 14.1. The van der Waals surface area contributed by atoms with Gasteiger partial charge in [-0.3, -0.25) is 15.1 Å². The molecule has 1 fully saturated rings. The summed E-state index contributed by atoms with van der Waals surface area (Å²) in [6.07, 6.45) is 2.46. The van der Waals surface area contributed by atoms with Crippen molar-refractivity contribution in [2.75, 3.05) is 19.7 Å². The summed E-state index contributed by atoms with van der Waals surface area (Å²) in [5.74, 6) is 5.42. The normalized spacial score (nSPS) is 17.9. The summed E-state index contributed by atoms with van der Waals surface area (Å²) in [6, 6.07) is 7.14. The number of likely N-dealkylation sites (tertiary alicyclic amines) is 1. The van der Waals surface area contributed by atoms with Crippen LogP contribution in [0.4, 0.5) is 0 Å². The second kappa shape index (κ2) is 6.24. The van der Waals surface area contributed by atoms with Gasteiger partial charge in [0.15, 0.2) is 0 Å². The molecule has 1 amide bonds. The second-order valence-corrected chi connectivity index (χ2v) is 5.72. The molecule has 0 aromatic heterocycles. The maximum absolute atomic E-state index is 11.6. The van der Waals surface area contributed by atoms with Gasteiger partial charge in [0.2, 0.25) is 0 Å². The number of carbonyl (C=O) groups excluding carboxylic acids is 1. The summed E-state index contributed by atoms with van der Waals surface area (Å²) >= 11 is 0. The number of rotatable bonds is 5. The molecule has 0 spiro atoms. The number of nitrogens with zero attached hydrogens (tertiary/aromatic N) is 1. The van der Waals surface area contributed by atoms with E-state index in [0.717, 1.165) is 13.1 Å². The minimum Gasteiger partial charge on any atom is -0.491 e. The Kier molecular flexibility index (Phi) is 4.62. The smallest absolute Gasteiger partial charge is 0.268 e. The molecule has 0 saturated carbocycles. The van der Waals surface area contributed by atoms with Crippen molar-refractivity contribution in [2.24, 2.45) is 5.84 Å². The van der Waals surface area contributed by atoms with E-state index in [0.29, 0.717) is 17.9 Å². The first-order valence-electron chi connectivity index (χ1n) is 7.02. The molecule has 1 saturated heterocycles. The van der Waals surface area contributed by atoms with Crippen LogP contribution >= 0.6 is 0 Å². The summed E-state index contributed by atoms with van der Waals surface area (Å²) in [7, 11) is 0. The van der Waals surface area contributed by atoms with Gasteiger partial charge in [0.05, 0.1) is 5.56 Å². The highest BCUT2D eigenvalue weighted by Crippen LogP contribution is 2.27. The van der Waals surface area contributed by atoms with Crippen LogP contribution in [0.25, 0.3) is 0 Å². The Morgan fingerprint density at radius 1 is 1.45 bits per heavy atom. The molecule has 1 aliphatic heterocycles. The van der Waals surface area contributed by atoms with Gasteiger partial charge in [0, 0.05) is 12.1 Å². The number of nitrogen functional groups attached to an aromatic ring is 1. The maximum atomic E-state index is 11.6. The van der Waals surface area contributed by atoms with E-state index in [-0.39, 0.29) is 11.4 Å². The fourth-order valence-corrected chi connectivity index (χ4v) is 2.70. The lowest BCUT2D eigenvalue weighted by Gasteiger charge is -2.31. The Bertz CT molecular complexity index is 474. The van der Waals surface area contributed by atoms with Gasteiger partial charge in [0.1, 0.15) is 12.4 Å². The largest absolute Gasteiger partial charge is 0.491 e. The van der Waals surface area contributed by atoms with E-state index in [4.69, 9.17) is 10.6 Å². The van der Waals surface area contributed by atoms with E-state index in [2.05, 4.69) is 24.2 Å². The average Bonchev–Trinajstić information content (AvgIpc) is 2.78. The van der Waals surface area contributed by atoms with Crippen LogP contribution in [0.2, 0.25) is 0 Å². The van der Waals surface area contributed by atoms with E-state index in [9.17, 15) is 4.79 Å². The number of carbonyl (C=O) groups is 1. The number of nitrogens with two attached hydrogens (primary N) is 1. The first kappa shape index (κ1) is 14.8. The van der Waals surface area contributed by atoms with Gasteiger partial charge in [0.25, 0.3) is 5.91 Å². The number of hydrogen-bond acceptors (Lipinski definition) is 4. The fraction of sp³-hybridized carbons (Fsp3) is 0.533. The molecule has 5 heteroatoms. The first-order chi connectivity index (χ1) is 9.54. The lowest BCUT2D eigenvalue weighted by molar-refractivity contribution is 0.0946. The molecule has 0 bridgehead atoms. The summed E-state index contributed by atoms with van der Waals surface area (Å²) in [5, 5.41) is 0. The molecule has 0 atom stereocenters. The summed E-state index contributed by atoms with van der Waals surface area (Å²) < 4.78 is 5.76. The first-order valence-corrected chi connectivity index (χ1v) is 7.02. The minimum atomic E-state index is -0.331. The summed E-state index contributed by atoms with van der Waals surface area (Å²) in [5.41, 5.74) is 2.85. The second-order valence-electron chi connectivity index (χ2n) is 5.72. The van der Waals surface area contributed by atoms with Crippen molar-refractivity contribution in [1.29, 1.82) is 0 Å². The Morgan fingerprint density at radius 3 is 2.85 bits per heavy atom. The van der Waals surface area contributed by atoms with Gasteiger partial charge in [-0.1, -0.05) is 12.1 Å². The molecule has 1 aliphatic rings. The zero-order chi connectivity index (χ0) is 14.6. The Hall–Kier alpha value is -1.59. The highest BCUT2D eigenvalue weighted by molar-refractivity contribution is 5.96. The van der Waals surface area contributed by atoms with Crippen LogP contribution in [0.15, 0.2) is 24.3 Å². The van der Waals surface area contributed by atoms with Crippen LogP contribution in [-0.4, -0.2) is 36.0 Å². The van der Waals surface area contributed by atoms with Gasteiger partial charge in [-0.25, -0.2) is 5.84 Å². The number of amides is 1. The molecule has 1 heterocycles. The Balaban J connectivity index is 1.93. The van der Waals surface area contributed by atoms with Crippen molar-refractivity contribution < 1.29 is 9.53 Å². The fourth-order valence-electron chi connectivity index (χ4n) is 2.70. The minimum absolute atomic E-state index is 0.248. The van der Waals surface area contributed by atoms with Crippen molar-refractivity contribution in [3.63, 3.8) is 0 Å². The van der Waals surface area contributed by atoms with Gasteiger partial charge < -0.3 is 4.74 Å².